The average Bonchev–Trinajstić information content (AvgIpc) is 2.83. The molecule has 1 aromatic rings. The minimum absolute atomic E-state index is 0.0376. The van der Waals surface area contributed by atoms with Gasteiger partial charge in [-0.2, -0.15) is 5.26 Å². The van der Waals surface area contributed by atoms with Crippen LogP contribution in [0.3, 0.4) is 0 Å². The van der Waals surface area contributed by atoms with Crippen molar-refractivity contribution in [1.29, 1.82) is 5.26 Å². The number of piperidine rings is 1. The highest BCUT2D eigenvalue weighted by Gasteiger charge is 2.45. The van der Waals surface area contributed by atoms with Crippen LogP contribution in [0.2, 0.25) is 10.0 Å². The van der Waals surface area contributed by atoms with Crippen molar-refractivity contribution in [1.82, 2.24) is 10.2 Å². The van der Waals surface area contributed by atoms with Gasteiger partial charge in [0.25, 0.3) is 0 Å². The molecular weight excluding hydrogens is 525 g/mol. The molecule has 2 aliphatic heterocycles. The van der Waals surface area contributed by atoms with E-state index in [0.717, 1.165) is 31.0 Å². The highest BCUT2D eigenvalue weighted by Crippen LogP contribution is 2.44. The van der Waals surface area contributed by atoms with E-state index >= 15 is 0 Å². The lowest BCUT2D eigenvalue weighted by Gasteiger charge is -2.39. The van der Waals surface area contributed by atoms with Gasteiger partial charge in [0.15, 0.2) is 5.75 Å². The molecule has 1 fully saturated rings. The van der Waals surface area contributed by atoms with Crippen molar-refractivity contribution in [3.05, 3.63) is 38.3 Å². The van der Waals surface area contributed by atoms with Crippen molar-refractivity contribution in [2.24, 2.45) is 5.92 Å². The summed E-state index contributed by atoms with van der Waals surface area (Å²) in [5.41, 5.74) is 0.511. The molecule has 1 aromatic carbocycles. The summed E-state index contributed by atoms with van der Waals surface area (Å²) in [7, 11) is 1.17. The van der Waals surface area contributed by atoms with E-state index in [1.165, 1.54) is 19.2 Å². The number of methoxy groups -OCH3 is 1. The van der Waals surface area contributed by atoms with Crippen LogP contribution >= 0.6 is 35.0 Å². The Morgan fingerprint density at radius 1 is 1.22 bits per heavy atom. The maximum Gasteiger partial charge on any atom is 0.319 e. The van der Waals surface area contributed by atoms with E-state index in [-0.39, 0.29) is 50.1 Å². The summed E-state index contributed by atoms with van der Waals surface area (Å²) in [5.74, 6) is -3.55. The maximum absolute atomic E-state index is 13.1. The summed E-state index contributed by atoms with van der Waals surface area (Å²) < 4.78 is 10.4. The summed E-state index contributed by atoms with van der Waals surface area (Å²) in [4.78, 5) is 40.7. The number of hydrogen-bond donors (Lipinski definition) is 1. The normalized spacial score (nSPS) is 24.1. The van der Waals surface area contributed by atoms with E-state index < -0.39 is 23.7 Å². The monoisotopic (exact) mass is 553 g/mol. The van der Waals surface area contributed by atoms with E-state index in [0.29, 0.717) is 12.2 Å². The van der Waals surface area contributed by atoms with E-state index in [2.05, 4.69) is 11.4 Å². The third kappa shape index (κ3) is 5.77. The third-order valence-electron chi connectivity index (χ3n) is 6.47. The molecule has 0 aliphatic carbocycles. The van der Waals surface area contributed by atoms with Gasteiger partial charge in [-0.05, 0) is 57.7 Å². The molecule has 0 radical (unpaired) electrons. The molecule has 194 valence electrons. The van der Waals surface area contributed by atoms with Crippen LogP contribution in [0.5, 0.6) is 5.75 Å². The van der Waals surface area contributed by atoms with Crippen molar-refractivity contribution in [2.45, 2.75) is 58.0 Å². The Bertz CT molecular complexity index is 1090. The van der Waals surface area contributed by atoms with Gasteiger partial charge in [-0.15, -0.1) is 0 Å². The molecule has 2 aliphatic rings. The number of nitriles is 1. The predicted octanol–water partition coefficient (Wildman–Crippen LogP) is 4.65. The highest BCUT2D eigenvalue weighted by molar-refractivity contribution is 8.03. The zero-order valence-electron chi connectivity index (χ0n) is 20.6. The Hall–Kier alpha value is -2.41. The van der Waals surface area contributed by atoms with Crippen molar-refractivity contribution in [3.63, 3.8) is 0 Å². The van der Waals surface area contributed by atoms with Crippen LogP contribution in [0.15, 0.2) is 22.7 Å². The maximum atomic E-state index is 13.1. The Balaban J connectivity index is 2.00. The lowest BCUT2D eigenvalue weighted by Crippen LogP contribution is -2.48. The number of likely N-dealkylation sites (tertiary alicyclic amines) is 1. The molecule has 1 saturated heterocycles. The summed E-state index contributed by atoms with van der Waals surface area (Å²) in [6, 6.07) is 5.42. The molecular formula is C25H29Cl2N3O5S. The predicted molar refractivity (Wildman–Crippen MR) is 139 cm³/mol. The Kier molecular flexibility index (Phi) is 9.56. The molecule has 2 heterocycles. The van der Waals surface area contributed by atoms with Crippen LogP contribution in [0, 0.1) is 17.2 Å². The fourth-order valence-corrected chi connectivity index (χ4v) is 6.37. The largest absolute Gasteiger partial charge is 0.491 e. The number of rotatable bonds is 7. The Labute approximate surface area is 225 Å². The van der Waals surface area contributed by atoms with E-state index in [1.54, 1.807) is 6.92 Å². The second-order valence-electron chi connectivity index (χ2n) is 8.79. The Morgan fingerprint density at radius 3 is 2.36 bits per heavy atom. The standard InChI is InChI=1S/C25H29Cl2N3O5S/c1-5-35-22-17(26)9-15(10-18(22)27)20-16(11-28)24(29-23(32)21(20)25(33)34-4)36-12-19(31)30-13(2)7-6-8-14(30)3/h9-10,13-14,20-21H,5-8,12H2,1-4H3,(H,29,32)/t13-,14+,20-,21+/m1/s1. The number of benzene rings is 1. The molecule has 0 aromatic heterocycles. The van der Waals surface area contributed by atoms with Crippen molar-refractivity contribution in [2.75, 3.05) is 19.5 Å². The Morgan fingerprint density at radius 2 is 1.83 bits per heavy atom. The summed E-state index contributed by atoms with van der Waals surface area (Å²) >= 11 is 13.9. The van der Waals surface area contributed by atoms with Crippen LogP contribution in [0.4, 0.5) is 0 Å². The number of thioether (sulfide) groups is 1. The van der Waals surface area contributed by atoms with Crippen LogP contribution in [-0.2, 0) is 19.1 Å². The van der Waals surface area contributed by atoms with Crippen molar-refractivity contribution in [3.8, 4) is 11.8 Å². The van der Waals surface area contributed by atoms with Gasteiger partial charge >= 0.3 is 5.97 Å². The first-order chi connectivity index (χ1) is 17.1. The number of amides is 2. The van der Waals surface area contributed by atoms with Crippen LogP contribution in [0.25, 0.3) is 0 Å². The first-order valence-electron chi connectivity index (χ1n) is 11.7. The smallest absolute Gasteiger partial charge is 0.319 e. The molecule has 2 amide bonds. The minimum Gasteiger partial charge on any atom is -0.491 e. The van der Waals surface area contributed by atoms with E-state index in [9.17, 15) is 19.6 Å². The lowest BCUT2D eigenvalue weighted by molar-refractivity contribution is -0.150. The van der Waals surface area contributed by atoms with E-state index in [1.807, 2.05) is 18.7 Å². The quantitative estimate of drug-likeness (QED) is 0.386. The van der Waals surface area contributed by atoms with E-state index in [4.69, 9.17) is 32.7 Å². The highest BCUT2D eigenvalue weighted by atomic mass is 35.5. The molecule has 3 rings (SSSR count). The van der Waals surface area contributed by atoms with Gasteiger partial charge < -0.3 is 19.7 Å². The first-order valence-corrected chi connectivity index (χ1v) is 13.5. The average molecular weight is 554 g/mol. The van der Waals surface area contributed by atoms with Gasteiger partial charge in [0.05, 0.1) is 46.2 Å². The molecule has 11 heteroatoms. The number of halogens is 2. The molecule has 4 atom stereocenters. The number of carbonyl (C=O) groups is 3. The lowest BCUT2D eigenvalue weighted by atomic mass is 9.78. The third-order valence-corrected chi connectivity index (χ3v) is 8.04. The topological polar surface area (TPSA) is 109 Å². The summed E-state index contributed by atoms with van der Waals surface area (Å²) in [6.07, 6.45) is 2.94. The van der Waals surface area contributed by atoms with Crippen LogP contribution < -0.4 is 10.1 Å². The second-order valence-corrected chi connectivity index (χ2v) is 10.6. The van der Waals surface area contributed by atoms with Crippen molar-refractivity contribution >= 4 is 52.7 Å². The zero-order valence-corrected chi connectivity index (χ0v) is 22.9. The molecule has 36 heavy (non-hydrogen) atoms. The van der Waals surface area contributed by atoms with Gasteiger partial charge in [0.1, 0.15) is 5.92 Å². The van der Waals surface area contributed by atoms with Crippen molar-refractivity contribution < 1.29 is 23.9 Å². The fourth-order valence-electron chi connectivity index (χ4n) is 4.84. The van der Waals surface area contributed by atoms with Gasteiger partial charge in [-0.3, -0.25) is 14.4 Å². The molecule has 1 N–H and O–H groups in total. The number of nitrogens with zero attached hydrogens (tertiary/aromatic N) is 2. The SMILES string of the molecule is CCOc1c(Cl)cc([C@@H]2C(C#N)=C(SCC(=O)N3[C@H](C)CCC[C@@H]3C)NC(=O)[C@H]2C(=O)OC)cc1Cl. The molecule has 0 bridgehead atoms. The number of nitrogens with one attached hydrogen (secondary N) is 1. The molecule has 0 saturated carbocycles. The van der Waals surface area contributed by atoms with Gasteiger partial charge in [-0.1, -0.05) is 35.0 Å². The number of allylic oxidation sites excluding steroid dienone is 1. The van der Waals surface area contributed by atoms with Gasteiger partial charge in [0.2, 0.25) is 11.8 Å². The van der Waals surface area contributed by atoms with Crippen LogP contribution in [-0.4, -0.2) is 54.2 Å². The number of esters is 1. The second kappa shape index (κ2) is 12.2. The van der Waals surface area contributed by atoms with Gasteiger partial charge in [-0.25, -0.2) is 0 Å². The molecule has 0 unspecified atom stereocenters. The van der Waals surface area contributed by atoms with Gasteiger partial charge in [0, 0.05) is 18.0 Å². The summed E-state index contributed by atoms with van der Waals surface area (Å²) in [5, 5.41) is 13.3. The number of hydrogen-bond acceptors (Lipinski definition) is 7. The minimum atomic E-state index is -1.34. The number of carbonyl (C=O) groups excluding carboxylic acids is 3. The first kappa shape index (κ1) is 28.2. The molecule has 8 nitrogen and oxygen atoms in total. The fraction of sp³-hybridized carbons (Fsp3) is 0.520. The summed E-state index contributed by atoms with van der Waals surface area (Å²) in [6.45, 7) is 6.17. The van der Waals surface area contributed by atoms with Crippen LogP contribution in [0.1, 0.15) is 51.5 Å². The zero-order chi connectivity index (χ0) is 26.6. The molecule has 0 spiro atoms. The number of ether oxygens (including phenoxy) is 2.